The van der Waals surface area contributed by atoms with Gasteiger partial charge in [-0.3, -0.25) is 9.48 Å². The number of carbonyl (C=O) groups is 1. The summed E-state index contributed by atoms with van der Waals surface area (Å²) in [6.45, 7) is 1.85. The Morgan fingerprint density at radius 2 is 2.04 bits per heavy atom. The van der Waals surface area contributed by atoms with Crippen LogP contribution in [0, 0.1) is 0 Å². The number of fused-ring (bicyclic) bond motifs is 1. The second-order valence-electron chi connectivity index (χ2n) is 6.07. The third kappa shape index (κ3) is 3.15. The highest BCUT2D eigenvalue weighted by molar-refractivity contribution is 6.30. The van der Waals surface area contributed by atoms with Crippen LogP contribution in [0.2, 0.25) is 5.02 Å². The molecule has 1 amide bonds. The molecule has 128 valence electrons. The molecule has 3 heterocycles. The van der Waals surface area contributed by atoms with E-state index in [2.05, 4.69) is 25.3 Å². The fraction of sp³-hybridized carbons (Fsp3) is 0.294. The Morgan fingerprint density at radius 1 is 1.24 bits per heavy atom. The summed E-state index contributed by atoms with van der Waals surface area (Å²) in [4.78, 5) is 23.7. The van der Waals surface area contributed by atoms with Gasteiger partial charge in [0.1, 0.15) is 5.82 Å². The first-order valence-corrected chi connectivity index (χ1v) is 8.51. The van der Waals surface area contributed by atoms with Crippen LogP contribution < -0.4 is 10.2 Å². The fourth-order valence-corrected chi connectivity index (χ4v) is 3.22. The smallest absolute Gasteiger partial charge is 0.293 e. The minimum absolute atomic E-state index is 0.105. The van der Waals surface area contributed by atoms with E-state index in [9.17, 15) is 4.79 Å². The van der Waals surface area contributed by atoms with Gasteiger partial charge < -0.3 is 10.2 Å². The average molecular weight is 357 g/mol. The van der Waals surface area contributed by atoms with Crippen LogP contribution in [0.4, 0.5) is 11.5 Å². The average Bonchev–Trinajstić information content (AvgIpc) is 3.22. The van der Waals surface area contributed by atoms with Gasteiger partial charge in [0.05, 0.1) is 5.39 Å². The maximum Gasteiger partial charge on any atom is 0.293 e. The molecule has 4 rings (SSSR count). The van der Waals surface area contributed by atoms with Crippen LogP contribution in [-0.4, -0.2) is 38.7 Å². The summed E-state index contributed by atoms with van der Waals surface area (Å²) in [5.41, 5.74) is 1.13. The van der Waals surface area contributed by atoms with Crippen LogP contribution in [0.1, 0.15) is 23.5 Å². The quantitative estimate of drug-likeness (QED) is 0.781. The van der Waals surface area contributed by atoms with Crippen LogP contribution in [0.5, 0.6) is 0 Å². The number of aromatic nitrogens is 4. The minimum atomic E-state index is -0.379. The second kappa shape index (κ2) is 6.33. The zero-order chi connectivity index (χ0) is 17.4. The molecule has 1 aromatic carbocycles. The molecule has 7 nitrogen and oxygen atoms in total. The summed E-state index contributed by atoms with van der Waals surface area (Å²) in [6, 6.07) is 6.97. The van der Waals surface area contributed by atoms with Crippen molar-refractivity contribution in [1.29, 1.82) is 0 Å². The summed E-state index contributed by atoms with van der Waals surface area (Å²) in [7, 11) is 1.83. The molecular formula is C17H17ClN6O. The topological polar surface area (TPSA) is 75.9 Å². The number of amides is 1. The highest BCUT2D eigenvalue weighted by atomic mass is 35.5. The van der Waals surface area contributed by atoms with E-state index < -0.39 is 0 Å². The highest BCUT2D eigenvalue weighted by Gasteiger charge is 2.22. The molecule has 0 bridgehead atoms. The monoisotopic (exact) mass is 356 g/mol. The van der Waals surface area contributed by atoms with Crippen molar-refractivity contribution in [1.82, 2.24) is 19.7 Å². The van der Waals surface area contributed by atoms with E-state index >= 15 is 0 Å². The van der Waals surface area contributed by atoms with Crippen molar-refractivity contribution in [3.8, 4) is 0 Å². The molecule has 3 aromatic rings. The maximum atomic E-state index is 12.6. The molecule has 1 aliphatic heterocycles. The summed E-state index contributed by atoms with van der Waals surface area (Å²) in [6.07, 6.45) is 4.13. The molecule has 0 unspecified atom stereocenters. The number of hydrogen-bond donors (Lipinski definition) is 1. The number of aryl methyl sites for hydroxylation is 1. The van der Waals surface area contributed by atoms with E-state index in [1.54, 1.807) is 28.9 Å². The standard InChI is InChI=1S/C17H17ClN6O/c1-23-10-13-14(22-23)20-15(21-16(13)24-7-2-3-8-24)17(25)19-12-6-4-5-11(18)9-12/h4-6,9-10H,2-3,7-8H2,1H3,(H,19,25). The third-order valence-corrected chi connectivity index (χ3v) is 4.40. The number of benzene rings is 1. The lowest BCUT2D eigenvalue weighted by Crippen LogP contribution is -2.22. The molecule has 8 heteroatoms. The van der Waals surface area contributed by atoms with Gasteiger partial charge in [-0.05, 0) is 31.0 Å². The zero-order valence-electron chi connectivity index (χ0n) is 13.7. The van der Waals surface area contributed by atoms with Crippen molar-refractivity contribution in [3.63, 3.8) is 0 Å². The Balaban J connectivity index is 1.72. The van der Waals surface area contributed by atoms with E-state index in [4.69, 9.17) is 11.6 Å². The largest absolute Gasteiger partial charge is 0.356 e. The molecule has 25 heavy (non-hydrogen) atoms. The zero-order valence-corrected chi connectivity index (χ0v) is 14.5. The summed E-state index contributed by atoms with van der Waals surface area (Å²) in [5, 5.41) is 8.55. The number of hydrogen-bond acceptors (Lipinski definition) is 5. The summed E-state index contributed by atoms with van der Waals surface area (Å²) in [5.74, 6) is 0.496. The molecule has 0 atom stereocenters. The maximum absolute atomic E-state index is 12.6. The fourth-order valence-electron chi connectivity index (χ4n) is 3.03. The van der Waals surface area contributed by atoms with Gasteiger partial charge in [-0.15, -0.1) is 0 Å². The molecule has 0 saturated carbocycles. The Morgan fingerprint density at radius 3 is 2.80 bits per heavy atom. The molecular weight excluding hydrogens is 340 g/mol. The molecule has 1 fully saturated rings. The van der Waals surface area contributed by atoms with Gasteiger partial charge in [0.15, 0.2) is 5.65 Å². The van der Waals surface area contributed by atoms with Gasteiger partial charge in [0.2, 0.25) is 5.82 Å². The first kappa shape index (κ1) is 15.8. The van der Waals surface area contributed by atoms with Crippen molar-refractivity contribution in [2.75, 3.05) is 23.3 Å². The van der Waals surface area contributed by atoms with E-state index in [-0.39, 0.29) is 11.7 Å². The number of rotatable bonds is 3. The Labute approximate surface area is 149 Å². The number of halogens is 1. The summed E-state index contributed by atoms with van der Waals surface area (Å²) >= 11 is 5.96. The first-order valence-electron chi connectivity index (χ1n) is 8.13. The predicted octanol–water partition coefficient (Wildman–Crippen LogP) is 2.87. The lowest BCUT2D eigenvalue weighted by atomic mass is 10.3. The van der Waals surface area contributed by atoms with Crippen molar-refractivity contribution < 1.29 is 4.79 Å². The Hall–Kier alpha value is -2.67. The van der Waals surface area contributed by atoms with Gasteiger partial charge in [-0.1, -0.05) is 17.7 Å². The molecule has 0 spiro atoms. The lowest BCUT2D eigenvalue weighted by Gasteiger charge is -2.17. The normalized spacial score (nSPS) is 14.2. The third-order valence-electron chi connectivity index (χ3n) is 4.16. The molecule has 2 aromatic heterocycles. The van der Waals surface area contributed by atoms with Crippen LogP contribution in [-0.2, 0) is 7.05 Å². The van der Waals surface area contributed by atoms with Crippen molar-refractivity contribution in [2.24, 2.45) is 7.05 Å². The predicted molar refractivity (Wildman–Crippen MR) is 97.2 cm³/mol. The Bertz CT molecular complexity index is 947. The minimum Gasteiger partial charge on any atom is -0.356 e. The number of nitrogens with zero attached hydrogens (tertiary/aromatic N) is 5. The van der Waals surface area contributed by atoms with E-state index in [0.717, 1.165) is 37.1 Å². The van der Waals surface area contributed by atoms with Gasteiger partial charge in [-0.25, -0.2) is 9.97 Å². The van der Waals surface area contributed by atoms with Gasteiger partial charge >= 0.3 is 0 Å². The van der Waals surface area contributed by atoms with Crippen LogP contribution >= 0.6 is 11.6 Å². The van der Waals surface area contributed by atoms with Gasteiger partial charge in [0.25, 0.3) is 5.91 Å². The van der Waals surface area contributed by atoms with Crippen molar-refractivity contribution in [2.45, 2.75) is 12.8 Å². The lowest BCUT2D eigenvalue weighted by molar-refractivity contribution is 0.101. The molecule has 1 aliphatic rings. The van der Waals surface area contributed by atoms with Crippen molar-refractivity contribution >= 4 is 40.0 Å². The van der Waals surface area contributed by atoms with Crippen LogP contribution in [0.15, 0.2) is 30.5 Å². The van der Waals surface area contributed by atoms with Crippen LogP contribution in [0.25, 0.3) is 11.0 Å². The Kier molecular flexibility index (Phi) is 4.01. The van der Waals surface area contributed by atoms with E-state index in [0.29, 0.717) is 16.4 Å². The second-order valence-corrected chi connectivity index (χ2v) is 6.51. The highest BCUT2D eigenvalue weighted by Crippen LogP contribution is 2.26. The molecule has 0 radical (unpaired) electrons. The first-order chi connectivity index (χ1) is 12.1. The summed E-state index contributed by atoms with van der Waals surface area (Å²) < 4.78 is 1.69. The molecule has 0 aliphatic carbocycles. The van der Waals surface area contributed by atoms with Crippen LogP contribution in [0.3, 0.4) is 0 Å². The SMILES string of the molecule is Cn1cc2c(N3CCCC3)nc(C(=O)Nc3cccc(Cl)c3)nc2n1. The molecule has 1 saturated heterocycles. The van der Waals surface area contributed by atoms with Gasteiger partial charge in [-0.2, -0.15) is 5.10 Å². The van der Waals surface area contributed by atoms with Crippen molar-refractivity contribution in [3.05, 3.63) is 41.3 Å². The molecule has 1 N–H and O–H groups in total. The van der Waals surface area contributed by atoms with Gasteiger partial charge in [0, 0.05) is 37.0 Å². The number of carbonyl (C=O) groups excluding carboxylic acids is 1. The van der Waals surface area contributed by atoms with E-state index in [1.165, 1.54) is 0 Å². The van der Waals surface area contributed by atoms with E-state index in [1.807, 2.05) is 13.2 Å². The number of anilines is 2. The number of nitrogens with one attached hydrogen (secondary N) is 1.